The van der Waals surface area contributed by atoms with Crippen LogP contribution in [0.4, 0.5) is 0 Å². The fraction of sp³-hybridized carbons (Fsp3) is 0.120. The van der Waals surface area contributed by atoms with Crippen molar-refractivity contribution in [3.05, 3.63) is 106 Å². The molecule has 0 aliphatic carbocycles. The monoisotopic (exact) mass is 454 g/mol. The second kappa shape index (κ2) is 10.8. The van der Waals surface area contributed by atoms with Crippen molar-refractivity contribution in [3.8, 4) is 5.75 Å². The van der Waals surface area contributed by atoms with Gasteiger partial charge in [0.15, 0.2) is 6.10 Å². The summed E-state index contributed by atoms with van der Waals surface area (Å²) >= 11 is 12.3. The van der Waals surface area contributed by atoms with Crippen molar-refractivity contribution in [1.29, 1.82) is 0 Å². The average Bonchev–Trinajstić information content (AvgIpc) is 2.78. The standard InChI is InChI=1S/C25H20Cl2O4/c1-17(25(29)19-6-3-2-4-7-19)31-24(28)15-12-18-10-13-20(14-11-18)30-16-21-22(26)8-5-9-23(21)27/h2-15,17H,16H2,1H3. The molecule has 1 unspecified atom stereocenters. The number of carbonyl (C=O) groups excluding carboxylic acids is 2. The molecular formula is C25H20Cl2O4. The quantitative estimate of drug-likeness (QED) is 0.224. The van der Waals surface area contributed by atoms with Gasteiger partial charge in [0.1, 0.15) is 12.4 Å². The van der Waals surface area contributed by atoms with Crippen molar-refractivity contribution < 1.29 is 19.1 Å². The van der Waals surface area contributed by atoms with Crippen LogP contribution >= 0.6 is 23.2 Å². The highest BCUT2D eigenvalue weighted by atomic mass is 35.5. The summed E-state index contributed by atoms with van der Waals surface area (Å²) < 4.78 is 10.9. The summed E-state index contributed by atoms with van der Waals surface area (Å²) in [5.74, 6) is -0.203. The predicted molar refractivity (Wildman–Crippen MR) is 123 cm³/mol. The molecule has 0 amide bonds. The number of halogens is 2. The molecule has 0 aromatic heterocycles. The van der Waals surface area contributed by atoms with E-state index in [9.17, 15) is 9.59 Å². The molecule has 0 radical (unpaired) electrons. The number of benzene rings is 3. The van der Waals surface area contributed by atoms with Crippen molar-refractivity contribution >= 4 is 41.0 Å². The van der Waals surface area contributed by atoms with E-state index in [1.54, 1.807) is 79.7 Å². The second-order valence-corrected chi connectivity index (χ2v) is 7.52. The fourth-order valence-corrected chi connectivity index (χ4v) is 3.28. The molecule has 0 heterocycles. The van der Waals surface area contributed by atoms with Gasteiger partial charge in [-0.3, -0.25) is 4.79 Å². The first-order valence-electron chi connectivity index (χ1n) is 9.58. The molecule has 3 rings (SSSR count). The molecule has 3 aromatic carbocycles. The van der Waals surface area contributed by atoms with E-state index in [4.69, 9.17) is 32.7 Å². The molecule has 1 atom stereocenters. The maximum absolute atomic E-state index is 12.3. The van der Waals surface area contributed by atoms with Crippen LogP contribution in [-0.2, 0) is 16.1 Å². The largest absolute Gasteiger partial charge is 0.489 e. The van der Waals surface area contributed by atoms with Crippen LogP contribution < -0.4 is 4.74 Å². The molecule has 158 valence electrons. The van der Waals surface area contributed by atoms with E-state index < -0.39 is 12.1 Å². The Morgan fingerprint density at radius 1 is 0.903 bits per heavy atom. The van der Waals surface area contributed by atoms with Crippen molar-refractivity contribution in [2.45, 2.75) is 19.6 Å². The van der Waals surface area contributed by atoms with E-state index in [1.807, 2.05) is 6.07 Å². The van der Waals surface area contributed by atoms with Crippen LogP contribution in [0.3, 0.4) is 0 Å². The van der Waals surface area contributed by atoms with E-state index in [0.717, 1.165) is 11.1 Å². The van der Waals surface area contributed by atoms with Gasteiger partial charge in [0.05, 0.1) is 0 Å². The summed E-state index contributed by atoms with van der Waals surface area (Å²) in [6.45, 7) is 1.80. The highest BCUT2D eigenvalue weighted by Crippen LogP contribution is 2.26. The van der Waals surface area contributed by atoms with E-state index in [1.165, 1.54) is 6.08 Å². The normalized spacial score (nSPS) is 11.8. The number of hydrogen-bond acceptors (Lipinski definition) is 4. The lowest BCUT2D eigenvalue weighted by Gasteiger charge is -2.10. The lowest BCUT2D eigenvalue weighted by Crippen LogP contribution is -2.23. The van der Waals surface area contributed by atoms with E-state index in [0.29, 0.717) is 21.4 Å². The van der Waals surface area contributed by atoms with Gasteiger partial charge in [-0.25, -0.2) is 4.79 Å². The van der Waals surface area contributed by atoms with Crippen LogP contribution in [0.2, 0.25) is 10.0 Å². The lowest BCUT2D eigenvalue weighted by molar-refractivity contribution is -0.140. The minimum atomic E-state index is -0.869. The topological polar surface area (TPSA) is 52.6 Å². The van der Waals surface area contributed by atoms with Gasteiger partial charge in [0.2, 0.25) is 5.78 Å². The molecule has 0 aliphatic rings. The van der Waals surface area contributed by atoms with Gasteiger partial charge in [0, 0.05) is 27.2 Å². The Morgan fingerprint density at radius 3 is 2.19 bits per heavy atom. The molecule has 0 saturated carbocycles. The van der Waals surface area contributed by atoms with E-state index >= 15 is 0 Å². The number of ketones is 1. The van der Waals surface area contributed by atoms with Crippen molar-refractivity contribution in [2.75, 3.05) is 0 Å². The first-order chi connectivity index (χ1) is 14.9. The number of hydrogen-bond donors (Lipinski definition) is 0. The Hall–Kier alpha value is -3.08. The Balaban J connectivity index is 1.53. The molecule has 0 fully saturated rings. The zero-order chi connectivity index (χ0) is 22.2. The summed E-state index contributed by atoms with van der Waals surface area (Å²) in [7, 11) is 0. The van der Waals surface area contributed by atoms with Crippen LogP contribution in [0, 0.1) is 0 Å². The van der Waals surface area contributed by atoms with Gasteiger partial charge < -0.3 is 9.47 Å². The number of rotatable bonds is 8. The van der Waals surface area contributed by atoms with Crippen LogP contribution in [0.15, 0.2) is 78.9 Å². The van der Waals surface area contributed by atoms with E-state index in [-0.39, 0.29) is 12.4 Å². The molecule has 3 aromatic rings. The maximum atomic E-state index is 12.3. The zero-order valence-electron chi connectivity index (χ0n) is 16.8. The van der Waals surface area contributed by atoms with Crippen LogP contribution in [0.25, 0.3) is 6.08 Å². The van der Waals surface area contributed by atoms with Gasteiger partial charge >= 0.3 is 5.97 Å². The van der Waals surface area contributed by atoms with Gasteiger partial charge in [-0.15, -0.1) is 0 Å². The number of carbonyl (C=O) groups is 2. The smallest absolute Gasteiger partial charge is 0.331 e. The number of ether oxygens (including phenoxy) is 2. The average molecular weight is 455 g/mol. The number of esters is 1. The van der Waals surface area contributed by atoms with Gasteiger partial charge in [0.25, 0.3) is 0 Å². The Morgan fingerprint density at radius 2 is 1.55 bits per heavy atom. The third-order valence-corrected chi connectivity index (χ3v) is 5.17. The predicted octanol–water partition coefficient (Wildman–Crippen LogP) is 6.40. The minimum Gasteiger partial charge on any atom is -0.489 e. The Labute approximate surface area is 191 Å². The van der Waals surface area contributed by atoms with Crippen molar-refractivity contribution in [2.24, 2.45) is 0 Å². The molecule has 0 N–H and O–H groups in total. The van der Waals surface area contributed by atoms with Crippen LogP contribution in [0.1, 0.15) is 28.4 Å². The van der Waals surface area contributed by atoms with Crippen LogP contribution in [0.5, 0.6) is 5.75 Å². The third-order valence-electron chi connectivity index (χ3n) is 4.46. The third kappa shape index (κ3) is 6.45. The molecule has 0 bridgehead atoms. The van der Waals surface area contributed by atoms with E-state index in [2.05, 4.69) is 0 Å². The Kier molecular flexibility index (Phi) is 7.88. The molecular weight excluding hydrogens is 435 g/mol. The molecule has 31 heavy (non-hydrogen) atoms. The SMILES string of the molecule is CC(OC(=O)C=Cc1ccc(OCc2c(Cl)cccc2Cl)cc1)C(=O)c1ccccc1. The van der Waals surface area contributed by atoms with Gasteiger partial charge in [-0.05, 0) is 42.8 Å². The molecule has 0 aliphatic heterocycles. The van der Waals surface area contributed by atoms with Crippen molar-refractivity contribution in [3.63, 3.8) is 0 Å². The molecule has 4 nitrogen and oxygen atoms in total. The summed E-state index contributed by atoms with van der Waals surface area (Å²) in [5.41, 5.74) is 2.00. The lowest BCUT2D eigenvalue weighted by atomic mass is 10.1. The summed E-state index contributed by atoms with van der Waals surface area (Å²) in [6.07, 6.45) is 2.03. The molecule has 6 heteroatoms. The summed E-state index contributed by atoms with van der Waals surface area (Å²) in [5, 5.41) is 1.09. The minimum absolute atomic E-state index is 0.243. The first kappa shape index (κ1) is 22.6. The zero-order valence-corrected chi connectivity index (χ0v) is 18.3. The highest BCUT2D eigenvalue weighted by molar-refractivity contribution is 6.35. The molecule has 0 saturated heterocycles. The van der Waals surface area contributed by atoms with Gasteiger partial charge in [-0.1, -0.05) is 71.7 Å². The van der Waals surface area contributed by atoms with Crippen LogP contribution in [-0.4, -0.2) is 17.9 Å². The Bertz CT molecular complexity index is 1060. The molecule has 0 spiro atoms. The highest BCUT2D eigenvalue weighted by Gasteiger charge is 2.18. The first-order valence-corrected chi connectivity index (χ1v) is 10.3. The number of Topliss-reactive ketones (excluding diaryl/α,β-unsaturated/α-hetero) is 1. The van der Waals surface area contributed by atoms with Gasteiger partial charge in [-0.2, -0.15) is 0 Å². The summed E-state index contributed by atoms with van der Waals surface area (Å²) in [6, 6.07) is 21.2. The fourth-order valence-electron chi connectivity index (χ4n) is 2.77. The maximum Gasteiger partial charge on any atom is 0.331 e. The summed E-state index contributed by atoms with van der Waals surface area (Å²) in [4.78, 5) is 24.3. The van der Waals surface area contributed by atoms with Crippen molar-refractivity contribution in [1.82, 2.24) is 0 Å². The second-order valence-electron chi connectivity index (χ2n) is 6.70.